The Kier molecular flexibility index (Phi) is 21.0. The van der Waals surface area contributed by atoms with Gasteiger partial charge < -0.3 is 18.9 Å². The molecule has 2 atom stereocenters. The lowest BCUT2D eigenvalue weighted by molar-refractivity contribution is 0.0512. The summed E-state index contributed by atoms with van der Waals surface area (Å²) in [6, 6.07) is 40.2. The van der Waals surface area contributed by atoms with Gasteiger partial charge in [-0.1, -0.05) is 121 Å². The zero-order valence-corrected chi connectivity index (χ0v) is 59.8. The van der Waals surface area contributed by atoms with Gasteiger partial charge in [-0.25, -0.2) is 16.8 Å². The van der Waals surface area contributed by atoms with Crippen molar-refractivity contribution in [1.29, 1.82) is 0 Å². The second-order valence-electron chi connectivity index (χ2n) is 25.6. The van der Waals surface area contributed by atoms with Crippen LogP contribution in [0.1, 0.15) is 148 Å². The van der Waals surface area contributed by atoms with Gasteiger partial charge in [-0.2, -0.15) is 33.7 Å². The van der Waals surface area contributed by atoms with Crippen LogP contribution in [0.5, 0.6) is 34.5 Å². The first-order valence-electron chi connectivity index (χ1n) is 31.3. The van der Waals surface area contributed by atoms with E-state index in [1.165, 1.54) is 24.3 Å². The molecule has 97 heavy (non-hydrogen) atoms. The largest absolute Gasteiger partial charge is 0.488 e. The lowest BCUT2D eigenvalue weighted by atomic mass is 9.65. The normalized spacial score (nSPS) is 15.2. The topological polar surface area (TPSA) is 323 Å². The molecule has 0 heterocycles. The molecule has 1 aliphatic carbocycles. The fourth-order valence-corrected chi connectivity index (χ4v) is 18.2. The van der Waals surface area contributed by atoms with Gasteiger partial charge >= 0.3 is 0 Å². The summed E-state index contributed by atoms with van der Waals surface area (Å²) in [5, 5.41) is 0. The van der Waals surface area contributed by atoms with Crippen LogP contribution in [0.25, 0.3) is 11.1 Å². The maximum atomic E-state index is 14.4. The molecule has 2 unspecified atom stereocenters. The lowest BCUT2D eigenvalue weighted by Crippen LogP contribution is -2.39. The van der Waals surface area contributed by atoms with Gasteiger partial charge in [0.2, 0.25) is 19.7 Å². The Labute approximate surface area is 568 Å². The molecule has 26 heteroatoms. The minimum Gasteiger partial charge on any atom is -0.488 e. The second-order valence-corrected chi connectivity index (χ2v) is 35.1. The minimum atomic E-state index is -5.17. The van der Waals surface area contributed by atoms with Crippen LogP contribution < -0.4 is 18.9 Å². The molecule has 8 aromatic carbocycles. The molecule has 20 nitrogen and oxygen atoms in total. The first-order valence-corrected chi connectivity index (χ1v) is 40.0. The first-order chi connectivity index (χ1) is 45.2. The molecule has 0 aromatic heterocycles. The first kappa shape index (κ1) is 73.7. The predicted octanol–water partition coefficient (Wildman–Crippen LogP) is 15.8. The fraction of sp³-hybridized carbons (Fsp3) is 0.324. The Morgan fingerprint density at radius 1 is 0.402 bits per heavy atom. The van der Waals surface area contributed by atoms with Crippen LogP contribution in [0.15, 0.2) is 209 Å². The summed E-state index contributed by atoms with van der Waals surface area (Å²) in [7, 11) is -29.9. The third kappa shape index (κ3) is 16.0. The van der Waals surface area contributed by atoms with E-state index < -0.39 is 122 Å². The molecule has 0 aliphatic heterocycles. The molecule has 518 valence electrons. The third-order valence-electron chi connectivity index (χ3n) is 18.6. The fourth-order valence-electron chi connectivity index (χ4n) is 12.3. The molecule has 1 aliphatic rings. The van der Waals surface area contributed by atoms with E-state index in [0.717, 1.165) is 104 Å². The number of hydrogen-bond donors (Lipinski definition) is 4. The summed E-state index contributed by atoms with van der Waals surface area (Å²) < 4.78 is 226. The van der Waals surface area contributed by atoms with E-state index in [2.05, 4.69) is 19.1 Å². The highest BCUT2D eigenvalue weighted by atomic mass is 32.2. The van der Waals surface area contributed by atoms with Crippen LogP contribution in [0, 0.1) is 0 Å². The second kappa shape index (κ2) is 27.7. The number of benzene rings is 8. The molecular formula is C71H78O20S6. The molecule has 0 bridgehead atoms. The molecule has 0 spiro atoms. The van der Waals surface area contributed by atoms with Crippen molar-refractivity contribution in [2.75, 3.05) is 0 Å². The zero-order chi connectivity index (χ0) is 71.1. The summed E-state index contributed by atoms with van der Waals surface area (Å²) in [6.07, 6.45) is 6.65. The number of hydrogen-bond acceptors (Lipinski definition) is 16. The van der Waals surface area contributed by atoms with Crippen molar-refractivity contribution in [2.45, 2.75) is 187 Å². The van der Waals surface area contributed by atoms with E-state index in [4.69, 9.17) is 18.9 Å². The zero-order valence-electron chi connectivity index (χ0n) is 54.9. The van der Waals surface area contributed by atoms with Gasteiger partial charge in [0.05, 0.1) is 29.4 Å². The van der Waals surface area contributed by atoms with E-state index in [9.17, 15) is 68.7 Å². The molecular weight excluding hydrogens is 1370 g/mol. The molecule has 4 N–H and O–H groups in total. The highest BCUT2D eigenvalue weighted by molar-refractivity contribution is 7.92. The van der Waals surface area contributed by atoms with Crippen molar-refractivity contribution < 1.29 is 87.7 Å². The molecule has 0 radical (unpaired) electrons. The van der Waals surface area contributed by atoms with E-state index in [1.807, 2.05) is 38.1 Å². The van der Waals surface area contributed by atoms with Crippen LogP contribution in [-0.4, -0.2) is 79.9 Å². The van der Waals surface area contributed by atoms with Crippen LogP contribution in [0.3, 0.4) is 0 Å². The number of sulfone groups is 2. The van der Waals surface area contributed by atoms with Gasteiger partial charge in [-0.05, 0) is 207 Å². The van der Waals surface area contributed by atoms with E-state index in [-0.39, 0.29) is 52.2 Å². The van der Waals surface area contributed by atoms with Crippen LogP contribution in [-0.2, 0) is 71.0 Å². The Morgan fingerprint density at radius 2 is 0.773 bits per heavy atom. The smallest absolute Gasteiger partial charge is 0.298 e. The number of rotatable bonds is 26. The van der Waals surface area contributed by atoms with Crippen LogP contribution >= 0.6 is 0 Å². The SMILES string of the molecule is CCC(c1ccc(S(=O)(=O)c2ccc(Oc3ccc(C4(c5ccc(OC(C)(C)CC)cc5)CCCCC4)cc3)c(S(=O)(=O)O)c2)cc1S(=O)(=O)O)C(C)(CC)Oc1ccc(-c2ccc(Oc3ccc(S(=O)(=O)c4ccc(C(C)(C)CC)c(S(=O)(=O)O)c4)cc3S(=O)(=O)O)cc2)cc1. The molecule has 1 fully saturated rings. The van der Waals surface area contributed by atoms with Gasteiger partial charge in [0, 0.05) is 11.3 Å². The van der Waals surface area contributed by atoms with Crippen molar-refractivity contribution in [3.63, 3.8) is 0 Å². The highest BCUT2D eigenvalue weighted by Gasteiger charge is 2.40. The average molecular weight is 1440 g/mol. The lowest BCUT2D eigenvalue weighted by Gasteiger charge is -2.39. The van der Waals surface area contributed by atoms with E-state index in [0.29, 0.717) is 35.4 Å². The summed E-state index contributed by atoms with van der Waals surface area (Å²) in [5.74, 6) is -0.272. The summed E-state index contributed by atoms with van der Waals surface area (Å²) in [5.41, 5.74) is 0.969. The summed E-state index contributed by atoms with van der Waals surface area (Å²) in [4.78, 5) is -5.64. The molecule has 9 rings (SSSR count). The molecule has 1 saturated carbocycles. The van der Waals surface area contributed by atoms with Gasteiger partial charge in [0.1, 0.15) is 55.5 Å². The Morgan fingerprint density at radius 3 is 1.18 bits per heavy atom. The summed E-state index contributed by atoms with van der Waals surface area (Å²) >= 11 is 0. The van der Waals surface area contributed by atoms with Gasteiger partial charge in [0.15, 0.2) is 0 Å². The third-order valence-corrected chi connectivity index (χ3v) is 25.6. The van der Waals surface area contributed by atoms with Gasteiger partial charge in [0.25, 0.3) is 40.5 Å². The highest BCUT2D eigenvalue weighted by Crippen LogP contribution is 2.48. The Hall–Kier alpha value is -7.50. The van der Waals surface area contributed by atoms with Crippen molar-refractivity contribution in [2.24, 2.45) is 0 Å². The Balaban J connectivity index is 0.913. The molecule has 0 saturated heterocycles. The van der Waals surface area contributed by atoms with Gasteiger partial charge in [-0.3, -0.25) is 18.2 Å². The van der Waals surface area contributed by atoms with Crippen LogP contribution in [0.2, 0.25) is 0 Å². The van der Waals surface area contributed by atoms with Crippen molar-refractivity contribution in [3.8, 4) is 45.6 Å². The maximum absolute atomic E-state index is 14.4. The summed E-state index contributed by atoms with van der Waals surface area (Å²) in [6.45, 7) is 16.6. The maximum Gasteiger partial charge on any atom is 0.298 e. The van der Waals surface area contributed by atoms with Crippen molar-refractivity contribution in [1.82, 2.24) is 0 Å². The minimum absolute atomic E-state index is 0.0212. The quantitative estimate of drug-likeness (QED) is 0.0366. The predicted molar refractivity (Wildman–Crippen MR) is 365 cm³/mol. The van der Waals surface area contributed by atoms with E-state index >= 15 is 0 Å². The molecule has 0 amide bonds. The Bertz CT molecular complexity index is 4970. The molecule has 8 aromatic rings. The van der Waals surface area contributed by atoms with Crippen LogP contribution in [0.4, 0.5) is 0 Å². The van der Waals surface area contributed by atoms with Gasteiger partial charge in [-0.15, -0.1) is 0 Å². The standard InChI is InChI=1S/C71H78O20S6/c1-10-60(70(9,13-4)91-54-27-19-48(20-28-54)47-17-25-51(26-18-47)88-62-39-36-58(46-66(62)96(82,83)84)93(74,75)56-34-38-61(68(5,6)11-2)65(44-56)95(79,80)81)59-37-33-55(43-64(59)94(76,77)78)92(72,73)57-35-40-63(67(45-57)97(85,86)87)89-52-29-21-49(22-30-52)71(41-15-14-16-42-71)50-23-31-53(32-24-50)90-69(7,8)12-3/h17-40,43-46,60H,10-16,41-42H2,1-9H3,(H,76,77,78)(H,79,80,81)(H,82,83,84)(H,85,86,87). The van der Waals surface area contributed by atoms with Crippen molar-refractivity contribution in [3.05, 3.63) is 192 Å². The van der Waals surface area contributed by atoms with Crippen molar-refractivity contribution >= 4 is 60.1 Å². The average Bonchev–Trinajstić information content (AvgIpc) is 0.763. The van der Waals surface area contributed by atoms with E-state index in [1.54, 1.807) is 90.1 Å². The monoisotopic (exact) mass is 1440 g/mol. The number of ether oxygens (including phenoxy) is 4.